The molecule has 0 saturated carbocycles. The molecule has 0 atom stereocenters. The third-order valence-corrected chi connectivity index (χ3v) is 6.62. The molecule has 1 heterocycles. The van der Waals surface area contributed by atoms with E-state index in [9.17, 15) is 49.5 Å². The van der Waals surface area contributed by atoms with Gasteiger partial charge in [-0.05, 0) is 42.8 Å². The predicted molar refractivity (Wildman–Crippen MR) is 156 cm³/mol. The molecule has 0 aliphatic rings. The van der Waals surface area contributed by atoms with Gasteiger partial charge >= 0.3 is 206 Å². The molecule has 4 aromatic rings. The summed E-state index contributed by atoms with van der Waals surface area (Å²) in [5.41, 5.74) is 0.358. The molecule has 0 amide bonds. The molecule has 0 unspecified atom stereocenters. The van der Waals surface area contributed by atoms with Gasteiger partial charge in [0.15, 0.2) is 0 Å². The van der Waals surface area contributed by atoms with E-state index in [4.69, 9.17) is 9.47 Å². The molecule has 0 saturated heterocycles. The number of aromatic amines is 1. The first-order valence-electron chi connectivity index (χ1n) is 13.8. The van der Waals surface area contributed by atoms with Gasteiger partial charge in [0.05, 0.1) is 77.9 Å². The van der Waals surface area contributed by atoms with Gasteiger partial charge in [-0.1, -0.05) is 18.2 Å². The van der Waals surface area contributed by atoms with Crippen LogP contribution in [0.25, 0.3) is 22.3 Å². The van der Waals surface area contributed by atoms with Gasteiger partial charge in [-0.3, -0.25) is 4.79 Å². The number of aromatic nitrogens is 2. The van der Waals surface area contributed by atoms with Crippen LogP contribution >= 0.6 is 0 Å². The number of fused-ring (bicyclic) bond motifs is 1. The second kappa shape index (κ2) is 24.7. The largest absolute Gasteiger partial charge is 1.00 e. The molecular formula is C31H26K4N4O12. The van der Waals surface area contributed by atoms with Crippen LogP contribution in [-0.2, 0) is 19.2 Å². The Morgan fingerprint density at radius 3 is 1.75 bits per heavy atom. The Morgan fingerprint density at radius 1 is 0.725 bits per heavy atom. The zero-order chi connectivity index (χ0) is 34.2. The number of phenols is 1. The molecule has 0 bridgehead atoms. The van der Waals surface area contributed by atoms with Gasteiger partial charge < -0.3 is 69.0 Å². The van der Waals surface area contributed by atoms with Crippen LogP contribution in [0.5, 0.6) is 17.2 Å². The molecule has 3 aromatic carbocycles. The number of carbonyl (C=O) groups excluding carboxylic acids is 4. The summed E-state index contributed by atoms with van der Waals surface area (Å²) in [4.78, 5) is 66.9. The predicted octanol–water partition coefficient (Wildman–Crippen LogP) is -15.3. The summed E-state index contributed by atoms with van der Waals surface area (Å²) in [6, 6.07) is 13.3. The number of nitrogens with zero attached hydrogens (tertiary/aromatic N) is 3. The van der Waals surface area contributed by atoms with Gasteiger partial charge in [0, 0.05) is 6.07 Å². The Morgan fingerprint density at radius 2 is 1.22 bits per heavy atom. The smallest absolute Gasteiger partial charge is 0.548 e. The minimum Gasteiger partial charge on any atom is -0.548 e. The van der Waals surface area contributed by atoms with E-state index in [0.717, 1.165) is 15.9 Å². The number of carboxylic acid groups (broad SMARTS) is 4. The third-order valence-electron chi connectivity index (χ3n) is 6.62. The van der Waals surface area contributed by atoms with Crippen LogP contribution in [0.3, 0.4) is 0 Å². The molecule has 246 valence electrons. The first-order valence-corrected chi connectivity index (χ1v) is 13.8. The van der Waals surface area contributed by atoms with Gasteiger partial charge in [-0.2, -0.15) is 0 Å². The number of hydrogen-bond acceptors (Lipinski definition) is 15. The minimum atomic E-state index is -1.64. The van der Waals surface area contributed by atoms with E-state index in [1.807, 2.05) is 0 Å². The molecular weight excluding hydrogens is 777 g/mol. The Kier molecular flexibility index (Phi) is 24.8. The number of nitrogens with one attached hydrogen (secondary N) is 1. The molecule has 0 aliphatic heterocycles. The summed E-state index contributed by atoms with van der Waals surface area (Å²) < 4.78 is 11.6. The minimum absolute atomic E-state index is 0. The van der Waals surface area contributed by atoms with Crippen LogP contribution in [0.4, 0.5) is 11.4 Å². The van der Waals surface area contributed by atoms with Crippen molar-refractivity contribution in [3.63, 3.8) is 0 Å². The number of hydrogen-bond donors (Lipinski definition) is 2. The second-order valence-corrected chi connectivity index (χ2v) is 10.1. The topological polar surface area (TPSA) is 251 Å². The first-order chi connectivity index (χ1) is 22.3. The number of H-pyrrole nitrogens is 1. The van der Waals surface area contributed by atoms with E-state index in [2.05, 4.69) is 9.97 Å². The fourth-order valence-electron chi connectivity index (χ4n) is 4.70. The van der Waals surface area contributed by atoms with Crippen molar-refractivity contribution in [1.29, 1.82) is 0 Å². The number of aliphatic carboxylic acids is 4. The maximum Gasteiger partial charge on any atom is 1.00 e. The van der Waals surface area contributed by atoms with Crippen LogP contribution in [0, 0.1) is 6.92 Å². The Labute approximate surface area is 461 Å². The zero-order valence-electron chi connectivity index (χ0n) is 28.7. The van der Waals surface area contributed by atoms with Crippen LogP contribution in [0.15, 0.2) is 59.4 Å². The van der Waals surface area contributed by atoms with Gasteiger partial charge in [0.1, 0.15) is 36.3 Å². The number of carboxylic acids is 4. The monoisotopic (exact) mass is 802 g/mol. The van der Waals surface area contributed by atoms with E-state index in [1.165, 1.54) is 18.2 Å². The van der Waals surface area contributed by atoms with Crippen molar-refractivity contribution < 1.29 is 260 Å². The number of ether oxygens (including phenoxy) is 2. The average molecular weight is 803 g/mol. The van der Waals surface area contributed by atoms with E-state index in [-0.39, 0.29) is 258 Å². The molecule has 0 fully saturated rings. The summed E-state index contributed by atoms with van der Waals surface area (Å²) in [6.07, 6.45) is 0. The van der Waals surface area contributed by atoms with Crippen molar-refractivity contribution in [3.8, 4) is 28.6 Å². The standard InChI is InChI=1S/C31H30N4O12.4K/c1-17-6-7-21(34(13-26(37)38)14-27(39)40)24(10-17)46-8-9-47-25-11-19(30-32-20-5-3-2-4-18(20)31(45)33-30)23(36)12-22(25)35(15-28(41)42)16-29(43)44;;;;/h2-7,10-12,36H,8-9,13-16H2,1H3,(H,37,38)(H,39,40)(H,41,42)(H,43,44)(H,32,33,45);;;;/q;4*+1/p-4. The number of aryl methyl sites for hydroxylation is 1. The molecule has 16 nitrogen and oxygen atoms in total. The Hall–Kier alpha value is 0.225. The third kappa shape index (κ3) is 15.4. The number of para-hydroxylation sites is 1. The van der Waals surface area contributed by atoms with E-state index < -0.39 is 61.4 Å². The van der Waals surface area contributed by atoms with E-state index in [0.29, 0.717) is 11.1 Å². The summed E-state index contributed by atoms with van der Waals surface area (Å²) in [7, 11) is 0. The number of benzene rings is 3. The van der Waals surface area contributed by atoms with Crippen molar-refractivity contribution in [1.82, 2.24) is 9.97 Å². The van der Waals surface area contributed by atoms with E-state index in [1.54, 1.807) is 37.3 Å². The Balaban J connectivity index is 0.00000625. The first kappa shape index (κ1) is 51.2. The summed E-state index contributed by atoms with van der Waals surface area (Å²) in [5.74, 6) is -7.02. The molecule has 51 heavy (non-hydrogen) atoms. The number of phenolic OH excluding ortho intramolecular Hbond substituents is 1. The van der Waals surface area contributed by atoms with Gasteiger partial charge in [-0.15, -0.1) is 0 Å². The van der Waals surface area contributed by atoms with Gasteiger partial charge in [-0.25, -0.2) is 4.98 Å². The molecule has 20 heteroatoms. The molecule has 1 aromatic heterocycles. The SMILES string of the molecule is Cc1ccc(N(CC(=O)[O-])CC(=O)[O-])c(OCCOc2cc(-c3nc4ccccc4c(=O)[nH]3)c(O)cc2N(CC(=O)[O-])CC(=O)[O-])c1.[K+].[K+].[K+].[K+]. The van der Waals surface area contributed by atoms with Crippen molar-refractivity contribution in [2.45, 2.75) is 6.92 Å². The quantitative estimate of drug-likeness (QED) is 0.0789. The van der Waals surface area contributed by atoms with Gasteiger partial charge in [0.2, 0.25) is 0 Å². The summed E-state index contributed by atoms with van der Waals surface area (Å²) in [5, 5.41) is 56.6. The van der Waals surface area contributed by atoms with E-state index >= 15 is 0 Å². The second-order valence-electron chi connectivity index (χ2n) is 10.1. The van der Waals surface area contributed by atoms with Crippen molar-refractivity contribution in [2.24, 2.45) is 0 Å². The van der Waals surface area contributed by atoms with Crippen molar-refractivity contribution >= 4 is 46.2 Å². The van der Waals surface area contributed by atoms with Crippen LogP contribution in [0.1, 0.15) is 5.56 Å². The van der Waals surface area contributed by atoms with Crippen LogP contribution in [0.2, 0.25) is 0 Å². The summed E-state index contributed by atoms with van der Waals surface area (Å²) in [6.45, 7) is -2.23. The fourth-order valence-corrected chi connectivity index (χ4v) is 4.70. The number of carbonyl (C=O) groups is 4. The number of anilines is 2. The van der Waals surface area contributed by atoms with Crippen molar-refractivity contribution in [3.05, 3.63) is 70.5 Å². The number of rotatable bonds is 16. The average Bonchev–Trinajstić information content (AvgIpc) is 2.98. The molecule has 4 rings (SSSR count). The summed E-state index contributed by atoms with van der Waals surface area (Å²) >= 11 is 0. The Bertz CT molecular complexity index is 1880. The van der Waals surface area contributed by atoms with Crippen LogP contribution in [-0.4, -0.2) is 78.3 Å². The zero-order valence-corrected chi connectivity index (χ0v) is 41.2. The molecule has 0 aliphatic carbocycles. The number of aromatic hydroxyl groups is 1. The fraction of sp³-hybridized carbons (Fsp3) is 0.226. The maximum absolute atomic E-state index is 12.7. The molecule has 2 N–H and O–H groups in total. The van der Waals surface area contributed by atoms with Crippen molar-refractivity contribution in [2.75, 3.05) is 49.2 Å². The van der Waals surface area contributed by atoms with Gasteiger partial charge in [0.25, 0.3) is 5.56 Å². The molecule has 0 spiro atoms. The molecule has 0 radical (unpaired) electrons. The normalized spacial score (nSPS) is 9.90. The van der Waals surface area contributed by atoms with Crippen LogP contribution < -0.4 is 251 Å². The maximum atomic E-state index is 12.7.